The van der Waals surface area contributed by atoms with Gasteiger partial charge in [0.05, 0.1) is 5.71 Å². The average molecular weight is 507 g/mol. The number of esters is 1. The number of carbonyl (C=O) groups excluding carboxylic acids is 1. The first-order chi connectivity index (χ1) is 16.9. The number of nitrogens with zero attached hydrogens (tertiary/aromatic N) is 2. The van der Waals surface area contributed by atoms with Gasteiger partial charge in [0, 0.05) is 18.9 Å². The van der Waals surface area contributed by atoms with E-state index in [-0.39, 0.29) is 17.5 Å². The Hall–Kier alpha value is -2.42. The minimum atomic E-state index is -1.82. The van der Waals surface area contributed by atoms with E-state index in [4.69, 9.17) is 29.4 Å². The van der Waals surface area contributed by atoms with Crippen LogP contribution in [0.2, 0.25) is 0 Å². The number of carbonyl (C=O) groups is 3. The van der Waals surface area contributed by atoms with Crippen LogP contribution < -0.4 is 0 Å². The standard InChI is InChI=1S/C25H40N2O3.C2H2O4/c1-17(28)30-23-9-8-21-20-7-6-18-16-19(26-29-15-14-27(4)5)10-12-24(18,2)22(20)11-13-25(21,23)3;3-1(4)2(5)6/h16,20-23H,6-15H2,1-5H3;(H,3,4)(H,5,6)/b26-19+;/t20-,21-,22-,23-,24-,25-;/m0./s1. The van der Waals surface area contributed by atoms with Crippen LogP contribution in [0, 0.1) is 28.6 Å². The highest BCUT2D eigenvalue weighted by atomic mass is 16.6. The molecule has 4 rings (SSSR count). The summed E-state index contributed by atoms with van der Waals surface area (Å²) in [5.74, 6) is -1.55. The van der Waals surface area contributed by atoms with Crippen molar-refractivity contribution in [1.82, 2.24) is 4.90 Å². The van der Waals surface area contributed by atoms with Crippen molar-refractivity contribution < 1.29 is 34.2 Å². The Morgan fingerprint density at radius 3 is 2.33 bits per heavy atom. The fourth-order valence-electron chi connectivity index (χ4n) is 7.34. The van der Waals surface area contributed by atoms with Crippen LogP contribution in [0.5, 0.6) is 0 Å². The Labute approximate surface area is 213 Å². The zero-order valence-electron chi connectivity index (χ0n) is 22.3. The van der Waals surface area contributed by atoms with Crippen molar-refractivity contribution in [1.29, 1.82) is 0 Å². The molecule has 3 fully saturated rings. The summed E-state index contributed by atoms with van der Waals surface area (Å²) in [5, 5.41) is 19.2. The lowest BCUT2D eigenvalue weighted by molar-refractivity contribution is -0.159. The van der Waals surface area contributed by atoms with Crippen LogP contribution in [0.4, 0.5) is 0 Å². The highest BCUT2D eigenvalue weighted by Crippen LogP contribution is 2.65. The minimum absolute atomic E-state index is 0.114. The summed E-state index contributed by atoms with van der Waals surface area (Å²) < 4.78 is 5.79. The number of rotatable bonds is 5. The molecule has 0 bridgehead atoms. The molecule has 9 nitrogen and oxygen atoms in total. The van der Waals surface area contributed by atoms with Crippen LogP contribution in [0.15, 0.2) is 16.8 Å². The summed E-state index contributed by atoms with van der Waals surface area (Å²) in [6.45, 7) is 8.01. The van der Waals surface area contributed by atoms with Gasteiger partial charge in [-0.2, -0.15) is 0 Å². The molecule has 4 aliphatic rings. The Bertz CT molecular complexity index is 902. The largest absolute Gasteiger partial charge is 0.473 e. The molecular weight excluding hydrogens is 464 g/mol. The van der Waals surface area contributed by atoms with E-state index in [1.807, 2.05) is 0 Å². The third kappa shape index (κ3) is 5.93. The quantitative estimate of drug-likeness (QED) is 0.248. The number of allylic oxidation sites excluding steroid dienone is 2. The van der Waals surface area contributed by atoms with Crippen LogP contribution >= 0.6 is 0 Å². The van der Waals surface area contributed by atoms with Gasteiger partial charge < -0.3 is 24.7 Å². The second-order valence-corrected chi connectivity index (χ2v) is 11.6. The fraction of sp³-hybridized carbons (Fsp3) is 0.778. The number of likely N-dealkylation sites (N-methyl/N-ethyl adjacent to an activating group) is 1. The van der Waals surface area contributed by atoms with E-state index in [0.717, 1.165) is 36.9 Å². The Morgan fingerprint density at radius 1 is 1.03 bits per heavy atom. The normalized spacial score (nSPS) is 35.9. The molecular formula is C27H42N2O7. The Morgan fingerprint density at radius 2 is 1.72 bits per heavy atom. The first-order valence-corrected chi connectivity index (χ1v) is 13.1. The summed E-state index contributed by atoms with van der Waals surface area (Å²) in [4.78, 5) is 37.5. The molecule has 202 valence electrons. The molecule has 36 heavy (non-hydrogen) atoms. The molecule has 9 heteroatoms. The summed E-state index contributed by atoms with van der Waals surface area (Å²) in [5.41, 5.74) is 3.19. The van der Waals surface area contributed by atoms with Gasteiger partial charge in [0.25, 0.3) is 0 Å². The van der Waals surface area contributed by atoms with E-state index in [2.05, 4.69) is 44.1 Å². The first kappa shape index (κ1) is 28.2. The third-order valence-electron chi connectivity index (χ3n) is 9.19. The zero-order valence-corrected chi connectivity index (χ0v) is 22.3. The summed E-state index contributed by atoms with van der Waals surface area (Å²) >= 11 is 0. The van der Waals surface area contributed by atoms with E-state index >= 15 is 0 Å². The molecule has 0 aromatic rings. The number of ether oxygens (including phenoxy) is 1. The summed E-state index contributed by atoms with van der Waals surface area (Å²) in [6.07, 6.45) is 11.9. The van der Waals surface area contributed by atoms with Crippen molar-refractivity contribution in [3.05, 3.63) is 11.6 Å². The SMILES string of the molecule is CC(=O)O[C@H]1CC[C@H]2[C@@H]3CCC4=C/C(=N/OCCN(C)C)CC[C@]4(C)[C@H]3CC[C@]12C.O=C(O)C(=O)O. The van der Waals surface area contributed by atoms with E-state index in [1.165, 1.54) is 38.5 Å². The van der Waals surface area contributed by atoms with Crippen molar-refractivity contribution in [2.75, 3.05) is 27.2 Å². The maximum Gasteiger partial charge on any atom is 0.414 e. The van der Waals surface area contributed by atoms with Gasteiger partial charge in [-0.25, -0.2) is 9.59 Å². The van der Waals surface area contributed by atoms with Crippen LogP contribution in [0.3, 0.4) is 0 Å². The molecule has 0 aromatic heterocycles. The second-order valence-electron chi connectivity index (χ2n) is 11.6. The van der Waals surface area contributed by atoms with Crippen LogP contribution in [-0.2, 0) is 24.0 Å². The van der Waals surface area contributed by atoms with Crippen LogP contribution in [0.1, 0.15) is 72.1 Å². The molecule has 0 aromatic carbocycles. The average Bonchev–Trinajstić information content (AvgIpc) is 3.12. The van der Waals surface area contributed by atoms with E-state index in [1.54, 1.807) is 12.5 Å². The molecule has 0 amide bonds. The zero-order chi connectivity index (χ0) is 26.7. The van der Waals surface area contributed by atoms with Crippen LogP contribution in [-0.4, -0.2) is 72.1 Å². The number of fused-ring (bicyclic) bond motifs is 5. The van der Waals surface area contributed by atoms with Gasteiger partial charge in [-0.1, -0.05) is 24.6 Å². The minimum Gasteiger partial charge on any atom is -0.473 e. The Balaban J connectivity index is 0.000000538. The number of carboxylic acids is 2. The molecule has 4 aliphatic carbocycles. The molecule has 0 radical (unpaired) electrons. The van der Waals surface area contributed by atoms with E-state index in [9.17, 15) is 4.79 Å². The van der Waals surface area contributed by atoms with Crippen molar-refractivity contribution in [3.8, 4) is 0 Å². The predicted octanol–water partition coefficient (Wildman–Crippen LogP) is 3.97. The van der Waals surface area contributed by atoms with Crippen molar-refractivity contribution >= 4 is 23.6 Å². The lowest BCUT2D eigenvalue weighted by Crippen LogP contribution is -2.51. The lowest BCUT2D eigenvalue weighted by atomic mass is 9.47. The topological polar surface area (TPSA) is 126 Å². The summed E-state index contributed by atoms with van der Waals surface area (Å²) in [7, 11) is 4.11. The monoisotopic (exact) mass is 506 g/mol. The number of carboxylic acid groups (broad SMARTS) is 2. The molecule has 0 heterocycles. The van der Waals surface area contributed by atoms with Crippen LogP contribution in [0.25, 0.3) is 0 Å². The van der Waals surface area contributed by atoms with E-state index < -0.39 is 11.9 Å². The van der Waals surface area contributed by atoms with Gasteiger partial charge in [-0.05, 0) is 94.7 Å². The third-order valence-corrected chi connectivity index (χ3v) is 9.19. The van der Waals surface area contributed by atoms with Gasteiger partial charge in [0.15, 0.2) is 0 Å². The van der Waals surface area contributed by atoms with Gasteiger partial charge in [0.1, 0.15) is 12.7 Å². The maximum absolute atomic E-state index is 11.6. The molecule has 6 atom stereocenters. The maximum atomic E-state index is 11.6. The van der Waals surface area contributed by atoms with Gasteiger partial charge in [-0.3, -0.25) is 4.79 Å². The van der Waals surface area contributed by atoms with Crippen molar-refractivity contribution in [2.45, 2.75) is 78.2 Å². The van der Waals surface area contributed by atoms with E-state index in [0.29, 0.717) is 17.9 Å². The predicted molar refractivity (Wildman–Crippen MR) is 134 cm³/mol. The highest BCUT2D eigenvalue weighted by Gasteiger charge is 2.59. The number of hydrogen-bond acceptors (Lipinski definition) is 7. The number of oxime groups is 1. The van der Waals surface area contributed by atoms with Gasteiger partial charge in [0.2, 0.25) is 0 Å². The molecule has 0 unspecified atom stereocenters. The lowest BCUT2D eigenvalue weighted by Gasteiger charge is -2.58. The van der Waals surface area contributed by atoms with Gasteiger partial charge in [-0.15, -0.1) is 0 Å². The number of aliphatic carboxylic acids is 2. The molecule has 0 spiro atoms. The molecule has 0 aliphatic heterocycles. The Kier molecular flexibility index (Phi) is 8.85. The molecule has 3 saturated carbocycles. The summed E-state index contributed by atoms with van der Waals surface area (Å²) in [6, 6.07) is 0. The van der Waals surface area contributed by atoms with Crippen molar-refractivity contribution in [3.63, 3.8) is 0 Å². The second kappa shape index (κ2) is 11.3. The molecule has 2 N–H and O–H groups in total. The first-order valence-electron chi connectivity index (χ1n) is 13.1. The number of hydrogen-bond donors (Lipinski definition) is 2. The van der Waals surface area contributed by atoms with Crippen molar-refractivity contribution in [2.24, 2.45) is 33.7 Å². The fourth-order valence-corrected chi connectivity index (χ4v) is 7.34. The smallest absolute Gasteiger partial charge is 0.414 e. The van der Waals surface area contributed by atoms with Gasteiger partial charge >= 0.3 is 17.9 Å². The molecule has 0 saturated heterocycles. The highest BCUT2D eigenvalue weighted by molar-refractivity contribution is 6.27.